The van der Waals surface area contributed by atoms with E-state index < -0.39 is 22.6 Å². The van der Waals surface area contributed by atoms with Crippen molar-refractivity contribution in [2.24, 2.45) is 0 Å². The van der Waals surface area contributed by atoms with Crippen molar-refractivity contribution in [2.75, 3.05) is 13.1 Å². The second-order valence-corrected chi connectivity index (χ2v) is 4.32. The maximum absolute atomic E-state index is 12.5. The molecule has 0 aromatic carbocycles. The van der Waals surface area contributed by atoms with Crippen LogP contribution >= 0.6 is 15.9 Å². The summed E-state index contributed by atoms with van der Waals surface area (Å²) in [5, 5.41) is 0. The summed E-state index contributed by atoms with van der Waals surface area (Å²) >= 11 is 1.53. The zero-order valence-corrected chi connectivity index (χ0v) is 10.5. The Kier molecular flexibility index (Phi) is 4.89. The summed E-state index contributed by atoms with van der Waals surface area (Å²) < 4.78 is 70.3. The van der Waals surface area contributed by atoms with Crippen LogP contribution in [0.1, 0.15) is 13.8 Å². The Morgan fingerprint density at radius 1 is 1.00 bits per heavy atom. The monoisotopic (exact) mass is 329 g/mol. The highest BCUT2D eigenvalue weighted by atomic mass is 79.9. The van der Waals surface area contributed by atoms with Crippen molar-refractivity contribution in [2.45, 2.75) is 30.5 Å². The van der Waals surface area contributed by atoms with Crippen LogP contribution in [-0.2, 0) is 4.79 Å². The van der Waals surface area contributed by atoms with Crippen molar-refractivity contribution < 1.29 is 31.1 Å². The van der Waals surface area contributed by atoms with Gasteiger partial charge in [-0.2, -0.15) is 26.3 Å². The molecule has 0 saturated heterocycles. The Morgan fingerprint density at radius 3 is 1.47 bits per heavy atom. The van der Waals surface area contributed by atoms with Crippen molar-refractivity contribution in [3.63, 3.8) is 0 Å². The van der Waals surface area contributed by atoms with Gasteiger partial charge in [0.1, 0.15) is 0 Å². The molecule has 9 heteroatoms. The topological polar surface area (TPSA) is 20.3 Å². The third-order valence-corrected chi connectivity index (χ3v) is 3.36. The number of amides is 1. The highest BCUT2D eigenvalue weighted by molar-refractivity contribution is 9.10. The average Bonchev–Trinajstić information content (AvgIpc) is 2.14. The van der Waals surface area contributed by atoms with Gasteiger partial charge in [0.25, 0.3) is 10.2 Å². The summed E-state index contributed by atoms with van der Waals surface area (Å²) in [5.74, 6) is -2.05. The van der Waals surface area contributed by atoms with Gasteiger partial charge in [-0.1, -0.05) is 15.9 Å². The van der Waals surface area contributed by atoms with E-state index in [0.717, 1.165) is 0 Å². The minimum Gasteiger partial charge on any atom is -0.341 e. The number of rotatable bonds is 3. The van der Waals surface area contributed by atoms with Crippen LogP contribution in [0.4, 0.5) is 26.3 Å². The second-order valence-electron chi connectivity index (χ2n) is 3.13. The molecule has 0 unspecified atom stereocenters. The molecule has 0 atom stereocenters. The van der Waals surface area contributed by atoms with Crippen LogP contribution in [0.2, 0.25) is 0 Å². The molecule has 0 rings (SSSR count). The van der Waals surface area contributed by atoms with E-state index in [2.05, 4.69) is 0 Å². The van der Waals surface area contributed by atoms with E-state index in [1.54, 1.807) is 0 Å². The molecule has 2 nitrogen and oxygen atoms in total. The third kappa shape index (κ3) is 2.86. The van der Waals surface area contributed by atoms with Gasteiger partial charge in [-0.25, -0.2) is 0 Å². The number of carbonyl (C=O) groups excluding carboxylic acids is 1. The highest BCUT2D eigenvalue weighted by Gasteiger charge is 2.75. The van der Waals surface area contributed by atoms with E-state index in [-0.39, 0.29) is 13.1 Å². The Hall–Kier alpha value is -0.470. The standard InChI is InChI=1S/C8H10BrF6NO/c1-3-16(4-2)5(17)6(9,7(10,11)12)8(13,14)15/h3-4H2,1-2H3. The maximum atomic E-state index is 12.5. The largest absolute Gasteiger partial charge is 0.421 e. The molecular weight excluding hydrogens is 320 g/mol. The fraction of sp³-hybridized carbons (Fsp3) is 0.875. The van der Waals surface area contributed by atoms with Gasteiger partial charge in [0, 0.05) is 13.1 Å². The van der Waals surface area contributed by atoms with E-state index in [1.807, 2.05) is 0 Å². The molecular formula is C8H10BrF6NO. The number of nitrogens with zero attached hydrogens (tertiary/aromatic N) is 1. The first kappa shape index (κ1) is 16.5. The summed E-state index contributed by atoms with van der Waals surface area (Å²) in [6.07, 6.45) is -11.5. The zero-order chi connectivity index (χ0) is 14.1. The number of hydrogen-bond donors (Lipinski definition) is 0. The summed E-state index contributed by atoms with van der Waals surface area (Å²) in [6.45, 7) is 2.10. The molecule has 17 heavy (non-hydrogen) atoms. The molecule has 0 fully saturated rings. The zero-order valence-electron chi connectivity index (χ0n) is 8.92. The Labute approximate surface area is 102 Å². The predicted molar refractivity (Wildman–Crippen MR) is 51.7 cm³/mol. The number of halogens is 7. The van der Waals surface area contributed by atoms with Crippen LogP contribution in [0.25, 0.3) is 0 Å². The predicted octanol–water partition coefficient (Wildman–Crippen LogP) is 3.11. The van der Waals surface area contributed by atoms with E-state index >= 15 is 0 Å². The number of carbonyl (C=O) groups is 1. The molecule has 102 valence electrons. The summed E-state index contributed by atoms with van der Waals surface area (Å²) in [5.41, 5.74) is 0. The molecule has 1 amide bonds. The first-order valence-electron chi connectivity index (χ1n) is 4.55. The van der Waals surface area contributed by atoms with Gasteiger partial charge in [0.05, 0.1) is 0 Å². The second kappa shape index (κ2) is 5.03. The van der Waals surface area contributed by atoms with Crippen LogP contribution in [-0.4, -0.2) is 40.6 Å². The molecule has 0 aliphatic heterocycles. The van der Waals surface area contributed by atoms with Crippen molar-refractivity contribution in [1.29, 1.82) is 0 Å². The SMILES string of the molecule is CCN(CC)C(=O)C(Br)(C(F)(F)F)C(F)(F)F. The molecule has 0 radical (unpaired) electrons. The quantitative estimate of drug-likeness (QED) is 0.575. The van der Waals surface area contributed by atoms with Crippen LogP contribution in [0.15, 0.2) is 0 Å². The summed E-state index contributed by atoms with van der Waals surface area (Å²) in [7, 11) is 0. The lowest BCUT2D eigenvalue weighted by Gasteiger charge is -2.34. The molecule has 0 aromatic rings. The van der Waals surface area contributed by atoms with Gasteiger partial charge >= 0.3 is 12.4 Å². The van der Waals surface area contributed by atoms with E-state index in [4.69, 9.17) is 0 Å². The third-order valence-electron chi connectivity index (χ3n) is 2.13. The molecule has 0 spiro atoms. The van der Waals surface area contributed by atoms with Gasteiger partial charge in [0.2, 0.25) is 0 Å². The number of hydrogen-bond acceptors (Lipinski definition) is 1. The molecule has 0 heterocycles. The summed E-state index contributed by atoms with van der Waals surface area (Å²) in [4.78, 5) is 11.8. The van der Waals surface area contributed by atoms with Crippen LogP contribution < -0.4 is 0 Å². The van der Waals surface area contributed by atoms with E-state index in [9.17, 15) is 31.1 Å². The minimum atomic E-state index is -5.76. The molecule has 0 saturated carbocycles. The molecule has 0 aliphatic carbocycles. The van der Waals surface area contributed by atoms with Crippen molar-refractivity contribution in [1.82, 2.24) is 4.90 Å². The molecule has 0 aromatic heterocycles. The normalized spacial score (nSPS) is 13.7. The summed E-state index contributed by atoms with van der Waals surface area (Å²) in [6, 6.07) is 0. The van der Waals surface area contributed by atoms with Gasteiger partial charge in [0.15, 0.2) is 0 Å². The molecule has 0 N–H and O–H groups in total. The first-order valence-corrected chi connectivity index (χ1v) is 5.34. The highest BCUT2D eigenvalue weighted by Crippen LogP contribution is 2.50. The first-order chi connectivity index (χ1) is 7.43. The van der Waals surface area contributed by atoms with E-state index in [0.29, 0.717) is 4.90 Å². The minimum absolute atomic E-state index is 0.241. The lowest BCUT2D eigenvalue weighted by atomic mass is 10.1. The van der Waals surface area contributed by atoms with Gasteiger partial charge in [-0.3, -0.25) is 4.79 Å². The molecule has 0 bridgehead atoms. The maximum Gasteiger partial charge on any atom is 0.421 e. The Morgan fingerprint density at radius 2 is 1.29 bits per heavy atom. The van der Waals surface area contributed by atoms with Crippen molar-refractivity contribution >= 4 is 21.8 Å². The fourth-order valence-electron chi connectivity index (χ4n) is 1.13. The van der Waals surface area contributed by atoms with Gasteiger partial charge in [-0.15, -0.1) is 0 Å². The number of alkyl halides is 7. The smallest absolute Gasteiger partial charge is 0.341 e. The van der Waals surface area contributed by atoms with Crippen LogP contribution in [0, 0.1) is 0 Å². The van der Waals surface area contributed by atoms with E-state index in [1.165, 1.54) is 29.8 Å². The molecule has 0 aliphatic rings. The van der Waals surface area contributed by atoms with Crippen molar-refractivity contribution in [3.8, 4) is 0 Å². The Bertz CT molecular complexity index is 269. The lowest BCUT2D eigenvalue weighted by molar-refractivity contribution is -0.258. The van der Waals surface area contributed by atoms with Gasteiger partial charge in [-0.05, 0) is 13.8 Å². The van der Waals surface area contributed by atoms with Crippen molar-refractivity contribution in [3.05, 3.63) is 0 Å². The fourth-order valence-corrected chi connectivity index (χ4v) is 1.38. The van der Waals surface area contributed by atoms with Crippen LogP contribution in [0.5, 0.6) is 0 Å². The average molecular weight is 330 g/mol. The lowest BCUT2D eigenvalue weighted by Crippen LogP contribution is -2.62. The van der Waals surface area contributed by atoms with Gasteiger partial charge < -0.3 is 4.90 Å². The Balaban J connectivity index is 5.59. The van der Waals surface area contributed by atoms with Crippen LogP contribution in [0.3, 0.4) is 0 Å².